The van der Waals surface area contributed by atoms with Gasteiger partial charge in [0.15, 0.2) is 0 Å². The lowest BCUT2D eigenvalue weighted by Crippen LogP contribution is -2.33. The topological polar surface area (TPSA) is 106 Å². The van der Waals surface area contributed by atoms with Crippen LogP contribution in [0.15, 0.2) is 77.9 Å². The van der Waals surface area contributed by atoms with Gasteiger partial charge in [0.25, 0.3) is 0 Å². The lowest BCUT2D eigenvalue weighted by Gasteiger charge is -2.11. The van der Waals surface area contributed by atoms with E-state index in [0.29, 0.717) is 29.3 Å². The molecule has 0 aromatic heterocycles. The Hall–Kier alpha value is -4.17. The van der Waals surface area contributed by atoms with Crippen molar-refractivity contribution in [2.24, 2.45) is 5.10 Å². The third-order valence-electron chi connectivity index (χ3n) is 4.53. The zero-order chi connectivity index (χ0) is 24.5. The highest BCUT2D eigenvalue weighted by molar-refractivity contribution is 6.39. The molecule has 0 saturated heterocycles. The van der Waals surface area contributed by atoms with E-state index in [0.717, 1.165) is 0 Å². The van der Waals surface area contributed by atoms with Gasteiger partial charge in [0.05, 0.1) is 22.9 Å². The Labute approximate surface area is 201 Å². The largest absolute Gasteiger partial charge is 0.494 e. The summed E-state index contributed by atoms with van der Waals surface area (Å²) in [5.41, 5.74) is 3.63. The summed E-state index contributed by atoms with van der Waals surface area (Å²) in [5, 5.41) is 6.72. The van der Waals surface area contributed by atoms with Crippen LogP contribution in [0.3, 0.4) is 0 Å². The number of amides is 2. The van der Waals surface area contributed by atoms with Crippen molar-refractivity contribution in [1.82, 2.24) is 5.43 Å². The van der Waals surface area contributed by atoms with Gasteiger partial charge in [-0.3, -0.25) is 9.59 Å². The molecular weight excluding hydrogens is 458 g/mol. The summed E-state index contributed by atoms with van der Waals surface area (Å²) in [6.07, 6.45) is 0. The first kappa shape index (κ1) is 24.5. The number of carbonyl (C=O) groups excluding carboxylic acids is 3. The molecule has 0 saturated carbocycles. The van der Waals surface area contributed by atoms with Crippen molar-refractivity contribution in [3.63, 3.8) is 0 Å². The molecule has 0 unspecified atom stereocenters. The van der Waals surface area contributed by atoms with E-state index in [9.17, 15) is 14.4 Å². The van der Waals surface area contributed by atoms with Crippen LogP contribution in [-0.2, 0) is 9.59 Å². The first-order valence-electron chi connectivity index (χ1n) is 10.3. The van der Waals surface area contributed by atoms with Gasteiger partial charge in [0, 0.05) is 11.3 Å². The number of esters is 1. The zero-order valence-corrected chi connectivity index (χ0v) is 19.3. The second kappa shape index (κ2) is 11.6. The van der Waals surface area contributed by atoms with Gasteiger partial charge < -0.3 is 14.8 Å². The van der Waals surface area contributed by atoms with Crippen LogP contribution in [0.25, 0.3) is 0 Å². The minimum Gasteiger partial charge on any atom is -0.494 e. The summed E-state index contributed by atoms with van der Waals surface area (Å²) in [5.74, 6) is -1.61. The van der Waals surface area contributed by atoms with E-state index in [1.165, 1.54) is 0 Å². The molecule has 0 fully saturated rings. The SMILES string of the molecule is CCOc1ccc(NC(=O)C(=O)N/N=C(\C)c2ccccc2OC(=O)c2ccccc2Cl)cc1. The number of hydrogen-bond acceptors (Lipinski definition) is 6. The molecule has 3 rings (SSSR count). The fraction of sp³-hybridized carbons (Fsp3) is 0.120. The number of para-hydroxylation sites is 1. The molecule has 9 heteroatoms. The number of carbonyl (C=O) groups is 3. The van der Waals surface area contributed by atoms with Gasteiger partial charge >= 0.3 is 17.8 Å². The number of ether oxygens (including phenoxy) is 2. The van der Waals surface area contributed by atoms with Crippen LogP contribution < -0.4 is 20.2 Å². The van der Waals surface area contributed by atoms with E-state index < -0.39 is 17.8 Å². The summed E-state index contributed by atoms with van der Waals surface area (Å²) in [6.45, 7) is 3.99. The van der Waals surface area contributed by atoms with Gasteiger partial charge in [-0.2, -0.15) is 5.10 Å². The number of nitrogens with zero attached hydrogens (tertiary/aromatic N) is 1. The Balaban J connectivity index is 1.65. The average Bonchev–Trinajstić information content (AvgIpc) is 2.84. The summed E-state index contributed by atoms with van der Waals surface area (Å²) >= 11 is 6.07. The average molecular weight is 480 g/mol. The molecule has 0 aliphatic rings. The molecule has 0 radical (unpaired) electrons. The van der Waals surface area contributed by atoms with Crippen LogP contribution in [-0.4, -0.2) is 30.1 Å². The number of hydrazone groups is 1. The second-order valence-corrected chi connectivity index (χ2v) is 7.32. The summed E-state index contributed by atoms with van der Waals surface area (Å²) < 4.78 is 10.8. The molecule has 0 heterocycles. The minimum atomic E-state index is -0.959. The maximum absolute atomic E-state index is 12.5. The predicted molar refractivity (Wildman–Crippen MR) is 129 cm³/mol. The molecule has 2 amide bonds. The van der Waals surface area contributed by atoms with Gasteiger partial charge in [0.2, 0.25) is 0 Å². The number of benzene rings is 3. The Morgan fingerprint density at radius 2 is 1.53 bits per heavy atom. The number of hydrogen-bond donors (Lipinski definition) is 2. The summed E-state index contributed by atoms with van der Waals surface area (Å²) in [6, 6.07) is 19.8. The third-order valence-corrected chi connectivity index (χ3v) is 4.86. The van der Waals surface area contributed by atoms with Crippen molar-refractivity contribution in [3.8, 4) is 11.5 Å². The van der Waals surface area contributed by atoms with Gasteiger partial charge in [-0.15, -0.1) is 0 Å². The molecule has 3 aromatic rings. The van der Waals surface area contributed by atoms with Crippen LogP contribution in [0.4, 0.5) is 5.69 Å². The first-order chi connectivity index (χ1) is 16.4. The highest BCUT2D eigenvalue weighted by Crippen LogP contribution is 2.22. The summed E-state index contributed by atoms with van der Waals surface area (Å²) in [4.78, 5) is 36.9. The van der Waals surface area contributed by atoms with Crippen molar-refractivity contribution in [2.45, 2.75) is 13.8 Å². The van der Waals surface area contributed by atoms with Crippen molar-refractivity contribution in [2.75, 3.05) is 11.9 Å². The van der Waals surface area contributed by atoms with E-state index in [1.54, 1.807) is 79.7 Å². The van der Waals surface area contributed by atoms with Crippen LogP contribution in [0.2, 0.25) is 5.02 Å². The number of halogens is 1. The van der Waals surface area contributed by atoms with Crippen molar-refractivity contribution in [1.29, 1.82) is 0 Å². The number of nitrogens with one attached hydrogen (secondary N) is 2. The molecule has 0 atom stereocenters. The number of anilines is 1. The maximum Gasteiger partial charge on any atom is 0.345 e. The van der Waals surface area contributed by atoms with Crippen molar-refractivity contribution in [3.05, 3.63) is 88.9 Å². The van der Waals surface area contributed by atoms with Crippen LogP contribution in [0.5, 0.6) is 11.5 Å². The van der Waals surface area contributed by atoms with E-state index in [4.69, 9.17) is 21.1 Å². The lowest BCUT2D eigenvalue weighted by atomic mass is 10.1. The van der Waals surface area contributed by atoms with Gasteiger partial charge in [0.1, 0.15) is 11.5 Å². The van der Waals surface area contributed by atoms with Crippen molar-refractivity contribution < 1.29 is 23.9 Å². The molecule has 34 heavy (non-hydrogen) atoms. The van der Waals surface area contributed by atoms with Crippen LogP contribution >= 0.6 is 11.6 Å². The smallest absolute Gasteiger partial charge is 0.345 e. The molecular formula is C25H22ClN3O5. The number of rotatable bonds is 7. The lowest BCUT2D eigenvalue weighted by molar-refractivity contribution is -0.136. The van der Waals surface area contributed by atoms with Gasteiger partial charge in [-0.1, -0.05) is 35.9 Å². The first-order valence-corrected chi connectivity index (χ1v) is 10.7. The Morgan fingerprint density at radius 3 is 2.21 bits per heavy atom. The zero-order valence-electron chi connectivity index (χ0n) is 18.5. The highest BCUT2D eigenvalue weighted by Gasteiger charge is 2.17. The third kappa shape index (κ3) is 6.43. The van der Waals surface area contributed by atoms with E-state index in [-0.39, 0.29) is 16.3 Å². The highest BCUT2D eigenvalue weighted by atomic mass is 35.5. The fourth-order valence-electron chi connectivity index (χ4n) is 2.87. The van der Waals surface area contributed by atoms with E-state index >= 15 is 0 Å². The minimum absolute atomic E-state index is 0.216. The van der Waals surface area contributed by atoms with Crippen LogP contribution in [0.1, 0.15) is 29.8 Å². The van der Waals surface area contributed by atoms with Crippen molar-refractivity contribution >= 4 is 40.8 Å². The molecule has 0 aliphatic carbocycles. The molecule has 0 bridgehead atoms. The Morgan fingerprint density at radius 1 is 0.882 bits per heavy atom. The maximum atomic E-state index is 12.5. The standard InChI is InChI=1S/C25H22ClN3O5/c1-3-33-18-14-12-17(13-15-18)27-23(30)24(31)29-28-16(2)19-8-5-7-11-22(19)34-25(32)20-9-4-6-10-21(20)26/h4-15H,3H2,1-2H3,(H,27,30)(H,29,31)/b28-16+. The second-order valence-electron chi connectivity index (χ2n) is 6.92. The van der Waals surface area contributed by atoms with Crippen LogP contribution in [0, 0.1) is 0 Å². The fourth-order valence-corrected chi connectivity index (χ4v) is 3.08. The van der Waals surface area contributed by atoms with Gasteiger partial charge in [-0.05, 0) is 62.4 Å². The predicted octanol–water partition coefficient (Wildman–Crippen LogP) is 4.44. The van der Waals surface area contributed by atoms with E-state index in [1.807, 2.05) is 6.92 Å². The molecule has 0 aliphatic heterocycles. The molecule has 3 aromatic carbocycles. The van der Waals surface area contributed by atoms with Gasteiger partial charge in [-0.25, -0.2) is 10.2 Å². The Kier molecular flexibility index (Phi) is 8.37. The monoisotopic (exact) mass is 479 g/mol. The normalized spacial score (nSPS) is 10.9. The molecule has 8 nitrogen and oxygen atoms in total. The Bertz CT molecular complexity index is 1230. The van der Waals surface area contributed by atoms with E-state index in [2.05, 4.69) is 15.8 Å². The molecule has 174 valence electrons. The molecule has 0 spiro atoms. The quantitative estimate of drug-likeness (QED) is 0.171. The summed E-state index contributed by atoms with van der Waals surface area (Å²) in [7, 11) is 0. The molecule has 2 N–H and O–H groups in total.